The van der Waals surface area contributed by atoms with Gasteiger partial charge in [-0.25, -0.2) is 0 Å². The van der Waals surface area contributed by atoms with Gasteiger partial charge in [-0.05, 0) is 13.3 Å². The monoisotopic (exact) mass is 219 g/mol. The van der Waals surface area contributed by atoms with Gasteiger partial charge in [0.15, 0.2) is 0 Å². The molecular weight excluding hydrogens is 198 g/mol. The number of rotatable bonds is 7. The molecule has 0 aromatic heterocycles. The van der Waals surface area contributed by atoms with E-state index in [4.69, 9.17) is 10.2 Å². The Morgan fingerprint density at radius 2 is 1.87 bits per heavy atom. The van der Waals surface area contributed by atoms with E-state index in [9.17, 15) is 10.2 Å². The molecule has 0 rings (SSSR count). The number of aliphatic hydroxyl groups is 4. The van der Waals surface area contributed by atoms with E-state index in [2.05, 4.69) is 4.99 Å². The molecule has 0 unspecified atom stereocenters. The minimum atomic E-state index is -1.31. The first-order valence-corrected chi connectivity index (χ1v) is 5.22. The van der Waals surface area contributed by atoms with Gasteiger partial charge < -0.3 is 20.4 Å². The second kappa shape index (κ2) is 7.76. The molecule has 0 heterocycles. The molecule has 0 amide bonds. The van der Waals surface area contributed by atoms with E-state index in [-0.39, 0.29) is 5.71 Å². The van der Waals surface area contributed by atoms with Crippen molar-refractivity contribution in [1.82, 2.24) is 0 Å². The fourth-order valence-electron chi connectivity index (χ4n) is 1.08. The maximum Gasteiger partial charge on any atom is 0.122 e. The van der Waals surface area contributed by atoms with Crippen LogP contribution in [0.2, 0.25) is 0 Å². The Bertz CT molecular complexity index is 194. The molecule has 0 aromatic rings. The van der Waals surface area contributed by atoms with Crippen molar-refractivity contribution >= 4 is 5.71 Å². The summed E-state index contributed by atoms with van der Waals surface area (Å²) in [4.78, 5) is 3.98. The zero-order chi connectivity index (χ0) is 11.8. The first-order chi connectivity index (χ1) is 7.04. The van der Waals surface area contributed by atoms with Crippen LogP contribution >= 0.6 is 0 Å². The minimum absolute atomic E-state index is 0.122. The standard InChI is InChI=1S/C10H21NO4/c1-3-4-5-11-8(6-12)10(15)9(14)7(2)13/h7,9-10,12-15H,3-6H2,1-2H3/t7-,9+,10+/m0/s1. The van der Waals surface area contributed by atoms with E-state index >= 15 is 0 Å². The van der Waals surface area contributed by atoms with Gasteiger partial charge >= 0.3 is 0 Å². The molecular formula is C10H21NO4. The summed E-state index contributed by atoms with van der Waals surface area (Å²) in [7, 11) is 0. The largest absolute Gasteiger partial charge is 0.391 e. The van der Waals surface area contributed by atoms with Gasteiger partial charge in [0, 0.05) is 6.54 Å². The SMILES string of the molecule is CCCCN=C(CO)[C@@H](O)[C@H](O)[C@H](C)O. The van der Waals surface area contributed by atoms with Crippen LogP contribution in [0.15, 0.2) is 4.99 Å². The van der Waals surface area contributed by atoms with E-state index in [1.807, 2.05) is 6.92 Å². The number of hydrogen-bond acceptors (Lipinski definition) is 5. The molecule has 0 aliphatic heterocycles. The Labute approximate surface area is 90.1 Å². The summed E-state index contributed by atoms with van der Waals surface area (Å²) in [5.41, 5.74) is 0.122. The fourth-order valence-corrected chi connectivity index (χ4v) is 1.08. The third-order valence-corrected chi connectivity index (χ3v) is 2.15. The lowest BCUT2D eigenvalue weighted by Gasteiger charge is -2.20. The van der Waals surface area contributed by atoms with Crippen LogP contribution in [0, 0.1) is 0 Å². The number of aliphatic hydroxyl groups excluding tert-OH is 4. The Kier molecular flexibility index (Phi) is 7.50. The van der Waals surface area contributed by atoms with Gasteiger partial charge in [-0.2, -0.15) is 0 Å². The average Bonchev–Trinajstić information content (AvgIpc) is 2.22. The van der Waals surface area contributed by atoms with Crippen LogP contribution in [-0.4, -0.2) is 57.6 Å². The van der Waals surface area contributed by atoms with Crippen molar-refractivity contribution in [3.05, 3.63) is 0 Å². The van der Waals surface area contributed by atoms with Gasteiger partial charge in [0.2, 0.25) is 0 Å². The molecule has 0 aliphatic carbocycles. The summed E-state index contributed by atoms with van der Waals surface area (Å²) < 4.78 is 0. The van der Waals surface area contributed by atoms with Gasteiger partial charge in [-0.1, -0.05) is 13.3 Å². The average molecular weight is 219 g/mol. The minimum Gasteiger partial charge on any atom is -0.391 e. The molecule has 0 spiro atoms. The molecule has 0 bridgehead atoms. The second-order valence-corrected chi connectivity index (χ2v) is 3.56. The number of aliphatic imine (C=N–C) groups is 1. The second-order valence-electron chi connectivity index (χ2n) is 3.56. The quantitative estimate of drug-likeness (QED) is 0.337. The number of unbranched alkanes of at least 4 members (excludes halogenated alkanes) is 1. The van der Waals surface area contributed by atoms with Crippen LogP contribution in [0.25, 0.3) is 0 Å². The third kappa shape index (κ3) is 5.22. The van der Waals surface area contributed by atoms with Gasteiger partial charge in [-0.15, -0.1) is 0 Å². The Morgan fingerprint density at radius 3 is 2.27 bits per heavy atom. The summed E-state index contributed by atoms with van der Waals surface area (Å²) >= 11 is 0. The molecule has 0 aliphatic rings. The van der Waals surface area contributed by atoms with E-state index in [1.165, 1.54) is 6.92 Å². The van der Waals surface area contributed by atoms with Crippen molar-refractivity contribution in [1.29, 1.82) is 0 Å². The predicted octanol–water partition coefficient (Wildman–Crippen LogP) is -0.678. The molecule has 4 N–H and O–H groups in total. The van der Waals surface area contributed by atoms with Gasteiger partial charge in [0.25, 0.3) is 0 Å². The third-order valence-electron chi connectivity index (χ3n) is 2.15. The maximum atomic E-state index is 9.55. The van der Waals surface area contributed by atoms with E-state index < -0.39 is 24.9 Å². The van der Waals surface area contributed by atoms with Crippen molar-refractivity contribution in [3.63, 3.8) is 0 Å². The summed E-state index contributed by atoms with van der Waals surface area (Å²) in [6.45, 7) is 3.48. The van der Waals surface area contributed by atoms with Crippen molar-refractivity contribution in [2.24, 2.45) is 4.99 Å². The lowest BCUT2D eigenvalue weighted by atomic mass is 10.1. The van der Waals surface area contributed by atoms with Crippen LogP contribution in [0.4, 0.5) is 0 Å². The molecule has 15 heavy (non-hydrogen) atoms. The van der Waals surface area contributed by atoms with Crippen LogP contribution in [-0.2, 0) is 0 Å². The normalized spacial score (nSPS) is 18.7. The summed E-state index contributed by atoms with van der Waals surface area (Å²) in [5.74, 6) is 0. The molecule has 90 valence electrons. The molecule has 5 heteroatoms. The zero-order valence-electron chi connectivity index (χ0n) is 9.30. The predicted molar refractivity (Wildman–Crippen MR) is 58.0 cm³/mol. The first kappa shape index (κ1) is 14.5. The van der Waals surface area contributed by atoms with Crippen LogP contribution < -0.4 is 0 Å². The molecule has 5 nitrogen and oxygen atoms in total. The highest BCUT2D eigenvalue weighted by atomic mass is 16.4. The highest BCUT2D eigenvalue weighted by Crippen LogP contribution is 2.03. The Balaban J connectivity index is 4.32. The summed E-state index contributed by atoms with van der Waals surface area (Å²) in [6, 6.07) is 0. The van der Waals surface area contributed by atoms with Crippen LogP contribution in [0.1, 0.15) is 26.7 Å². The van der Waals surface area contributed by atoms with E-state index in [0.29, 0.717) is 6.54 Å². The van der Waals surface area contributed by atoms with Crippen LogP contribution in [0.5, 0.6) is 0 Å². The molecule has 3 atom stereocenters. The van der Waals surface area contributed by atoms with Crippen molar-refractivity contribution in [2.45, 2.75) is 45.0 Å². The van der Waals surface area contributed by atoms with Gasteiger partial charge in [0.05, 0.1) is 18.4 Å². The molecule has 0 radical (unpaired) electrons. The molecule has 0 aromatic carbocycles. The van der Waals surface area contributed by atoms with Crippen LogP contribution in [0.3, 0.4) is 0 Å². The summed E-state index contributed by atoms with van der Waals surface area (Å²) in [6.07, 6.45) is -1.83. The van der Waals surface area contributed by atoms with Gasteiger partial charge in [-0.3, -0.25) is 4.99 Å². The molecule has 0 saturated carbocycles. The smallest absolute Gasteiger partial charge is 0.122 e. The lowest BCUT2D eigenvalue weighted by molar-refractivity contribution is -0.0271. The van der Waals surface area contributed by atoms with Crippen molar-refractivity contribution in [3.8, 4) is 0 Å². The number of nitrogens with zero attached hydrogens (tertiary/aromatic N) is 1. The highest BCUT2D eigenvalue weighted by molar-refractivity contribution is 5.90. The number of hydrogen-bond donors (Lipinski definition) is 4. The molecule has 0 saturated heterocycles. The van der Waals surface area contributed by atoms with E-state index in [1.54, 1.807) is 0 Å². The van der Waals surface area contributed by atoms with Gasteiger partial charge in [0.1, 0.15) is 12.2 Å². The Hall–Kier alpha value is -0.490. The fraction of sp³-hybridized carbons (Fsp3) is 0.900. The zero-order valence-corrected chi connectivity index (χ0v) is 9.30. The van der Waals surface area contributed by atoms with E-state index in [0.717, 1.165) is 12.8 Å². The maximum absolute atomic E-state index is 9.55. The van der Waals surface area contributed by atoms with Crippen molar-refractivity contribution < 1.29 is 20.4 Å². The summed E-state index contributed by atoms with van der Waals surface area (Å²) in [5, 5.41) is 36.9. The van der Waals surface area contributed by atoms with Crippen molar-refractivity contribution in [2.75, 3.05) is 13.2 Å². The lowest BCUT2D eigenvalue weighted by Crippen LogP contribution is -2.42. The highest BCUT2D eigenvalue weighted by Gasteiger charge is 2.25. The first-order valence-electron chi connectivity index (χ1n) is 5.22. The molecule has 0 fully saturated rings. The topological polar surface area (TPSA) is 93.3 Å². The Morgan fingerprint density at radius 1 is 1.27 bits per heavy atom.